The van der Waals surface area contributed by atoms with E-state index in [1.807, 2.05) is 7.05 Å². The van der Waals surface area contributed by atoms with Gasteiger partial charge in [-0.15, -0.1) is 0 Å². The molecule has 1 rings (SSSR count). The highest BCUT2D eigenvalue weighted by Crippen LogP contribution is 2.21. The molecule has 0 bridgehead atoms. The molecule has 0 amide bonds. The highest BCUT2D eigenvalue weighted by Gasteiger charge is 2.14. The van der Waals surface area contributed by atoms with Crippen molar-refractivity contribution in [3.63, 3.8) is 0 Å². The van der Waals surface area contributed by atoms with E-state index < -0.39 is 5.82 Å². The summed E-state index contributed by atoms with van der Waals surface area (Å²) in [5, 5.41) is 6.04. The summed E-state index contributed by atoms with van der Waals surface area (Å²) >= 11 is 0. The Kier molecular flexibility index (Phi) is 5.35. The third-order valence-electron chi connectivity index (χ3n) is 2.60. The third-order valence-corrected chi connectivity index (χ3v) is 2.60. The Balaban J connectivity index is 2.73. The molecule has 0 aliphatic rings. The summed E-state index contributed by atoms with van der Waals surface area (Å²) in [7, 11) is 3.63. The lowest BCUT2D eigenvalue weighted by Gasteiger charge is -2.17. The summed E-state index contributed by atoms with van der Waals surface area (Å²) in [4.78, 5) is 0. The lowest BCUT2D eigenvalue weighted by atomic mass is 10.0. The summed E-state index contributed by atoms with van der Waals surface area (Å²) in [6, 6.07) is 3.44. The first-order chi connectivity index (χ1) is 7.69. The zero-order chi connectivity index (χ0) is 12.0. The Morgan fingerprint density at radius 3 is 2.62 bits per heavy atom. The second kappa shape index (κ2) is 6.55. The summed E-state index contributed by atoms with van der Waals surface area (Å²) in [5.74, 6) is -0.754. The van der Waals surface area contributed by atoms with E-state index in [1.165, 1.54) is 12.1 Å². The van der Waals surface area contributed by atoms with Gasteiger partial charge in [0.25, 0.3) is 0 Å². The molecule has 0 aromatic heterocycles. The molecule has 0 saturated carbocycles. The molecular weight excluding hydrogens is 210 g/mol. The van der Waals surface area contributed by atoms with E-state index in [4.69, 9.17) is 0 Å². The molecule has 1 unspecified atom stereocenters. The van der Waals surface area contributed by atoms with Crippen LogP contribution in [-0.2, 0) is 0 Å². The van der Waals surface area contributed by atoms with Gasteiger partial charge >= 0.3 is 0 Å². The van der Waals surface area contributed by atoms with Gasteiger partial charge in [0.2, 0.25) is 0 Å². The van der Waals surface area contributed by atoms with Crippen LogP contribution in [0.4, 0.5) is 8.78 Å². The molecule has 90 valence electrons. The fraction of sp³-hybridized carbons (Fsp3) is 0.500. The van der Waals surface area contributed by atoms with Crippen LogP contribution < -0.4 is 10.6 Å². The van der Waals surface area contributed by atoms with Crippen molar-refractivity contribution in [3.05, 3.63) is 35.4 Å². The monoisotopic (exact) mass is 228 g/mol. The molecule has 1 atom stereocenters. The number of nitrogens with one attached hydrogen (secondary N) is 2. The van der Waals surface area contributed by atoms with Crippen molar-refractivity contribution in [3.8, 4) is 0 Å². The molecule has 1 aromatic rings. The molecule has 0 aliphatic carbocycles. The second-order valence-electron chi connectivity index (χ2n) is 3.75. The maximum Gasteiger partial charge on any atom is 0.128 e. The molecule has 0 aliphatic heterocycles. The molecule has 2 N–H and O–H groups in total. The first-order valence-corrected chi connectivity index (χ1v) is 5.46. The summed E-state index contributed by atoms with van der Waals surface area (Å²) < 4.78 is 26.5. The normalized spacial score (nSPS) is 12.8. The minimum absolute atomic E-state index is 0.135. The summed E-state index contributed by atoms with van der Waals surface area (Å²) in [6.07, 6.45) is 1.69. The van der Waals surface area contributed by atoms with E-state index in [-0.39, 0.29) is 11.9 Å². The largest absolute Gasteiger partial charge is 0.320 e. The second-order valence-corrected chi connectivity index (χ2v) is 3.75. The first-order valence-electron chi connectivity index (χ1n) is 5.46. The molecule has 0 spiro atoms. The molecule has 4 heteroatoms. The van der Waals surface area contributed by atoms with Crippen LogP contribution in [0.5, 0.6) is 0 Å². The quantitative estimate of drug-likeness (QED) is 0.730. The molecule has 0 heterocycles. The molecule has 2 nitrogen and oxygen atoms in total. The molecular formula is C12H18F2N2. The van der Waals surface area contributed by atoms with Crippen LogP contribution in [0.3, 0.4) is 0 Å². The van der Waals surface area contributed by atoms with E-state index in [2.05, 4.69) is 10.6 Å². The van der Waals surface area contributed by atoms with Gasteiger partial charge in [0, 0.05) is 11.6 Å². The molecule has 16 heavy (non-hydrogen) atoms. The molecule has 0 radical (unpaired) electrons. The number of hydrogen-bond acceptors (Lipinski definition) is 2. The van der Waals surface area contributed by atoms with Crippen molar-refractivity contribution in [2.75, 3.05) is 20.6 Å². The highest BCUT2D eigenvalue weighted by atomic mass is 19.1. The van der Waals surface area contributed by atoms with E-state index >= 15 is 0 Å². The predicted molar refractivity (Wildman–Crippen MR) is 61.3 cm³/mol. The van der Waals surface area contributed by atoms with Gasteiger partial charge in [-0.3, -0.25) is 0 Å². The molecule has 0 saturated heterocycles. The van der Waals surface area contributed by atoms with Gasteiger partial charge in [-0.25, -0.2) is 8.78 Å². The van der Waals surface area contributed by atoms with Gasteiger partial charge in [-0.1, -0.05) is 0 Å². The summed E-state index contributed by atoms with van der Waals surface area (Å²) in [5.41, 5.74) is 0.401. The number of halogens is 2. The van der Waals surface area contributed by atoms with Crippen LogP contribution in [-0.4, -0.2) is 20.6 Å². The Bertz CT molecular complexity index is 329. The topological polar surface area (TPSA) is 24.1 Å². The standard InChI is InChI=1S/C12H18F2N2/c1-15-7-3-4-12(16-2)10-8-9(13)5-6-11(10)14/h5-6,8,12,15-16H,3-4,7H2,1-2H3. The average molecular weight is 228 g/mol. The molecule has 1 aromatic carbocycles. The Morgan fingerprint density at radius 2 is 2.00 bits per heavy atom. The summed E-state index contributed by atoms with van der Waals surface area (Å²) in [6.45, 7) is 0.870. The van der Waals surface area contributed by atoms with Crippen molar-refractivity contribution in [1.29, 1.82) is 0 Å². The van der Waals surface area contributed by atoms with Gasteiger partial charge in [-0.05, 0) is 51.7 Å². The number of benzene rings is 1. The molecule has 0 fully saturated rings. The van der Waals surface area contributed by atoms with Crippen LogP contribution in [0, 0.1) is 11.6 Å². The van der Waals surface area contributed by atoms with Crippen molar-refractivity contribution >= 4 is 0 Å². The average Bonchev–Trinajstić information content (AvgIpc) is 2.28. The number of hydrogen-bond donors (Lipinski definition) is 2. The maximum absolute atomic E-state index is 13.5. The fourth-order valence-corrected chi connectivity index (χ4v) is 1.72. The van der Waals surface area contributed by atoms with Crippen LogP contribution in [0.25, 0.3) is 0 Å². The first kappa shape index (κ1) is 13.1. The van der Waals surface area contributed by atoms with Gasteiger partial charge < -0.3 is 10.6 Å². The predicted octanol–water partition coefficient (Wildman–Crippen LogP) is 2.22. The zero-order valence-corrected chi connectivity index (χ0v) is 9.69. The van der Waals surface area contributed by atoms with Crippen LogP contribution >= 0.6 is 0 Å². The van der Waals surface area contributed by atoms with Crippen molar-refractivity contribution < 1.29 is 8.78 Å². The van der Waals surface area contributed by atoms with Gasteiger partial charge in [0.15, 0.2) is 0 Å². The minimum atomic E-state index is -0.398. The SMILES string of the molecule is CNCCCC(NC)c1cc(F)ccc1F. The van der Waals surface area contributed by atoms with Crippen LogP contribution in [0.15, 0.2) is 18.2 Å². The van der Waals surface area contributed by atoms with Crippen molar-refractivity contribution in [2.45, 2.75) is 18.9 Å². The Hall–Kier alpha value is -1.00. The lowest BCUT2D eigenvalue weighted by Crippen LogP contribution is -2.19. The van der Waals surface area contributed by atoms with E-state index in [0.29, 0.717) is 5.56 Å². The van der Waals surface area contributed by atoms with E-state index in [9.17, 15) is 8.78 Å². The fourth-order valence-electron chi connectivity index (χ4n) is 1.72. The lowest BCUT2D eigenvalue weighted by molar-refractivity contribution is 0.484. The van der Waals surface area contributed by atoms with E-state index in [1.54, 1.807) is 7.05 Å². The van der Waals surface area contributed by atoms with Gasteiger partial charge in [0.1, 0.15) is 11.6 Å². The minimum Gasteiger partial charge on any atom is -0.320 e. The smallest absolute Gasteiger partial charge is 0.128 e. The van der Waals surface area contributed by atoms with Crippen LogP contribution in [0.1, 0.15) is 24.4 Å². The van der Waals surface area contributed by atoms with Gasteiger partial charge in [0.05, 0.1) is 0 Å². The van der Waals surface area contributed by atoms with Gasteiger partial charge in [-0.2, -0.15) is 0 Å². The zero-order valence-electron chi connectivity index (χ0n) is 9.69. The van der Waals surface area contributed by atoms with E-state index in [0.717, 1.165) is 25.5 Å². The third kappa shape index (κ3) is 3.54. The Morgan fingerprint density at radius 1 is 1.25 bits per heavy atom. The highest BCUT2D eigenvalue weighted by molar-refractivity contribution is 5.22. The number of rotatable bonds is 6. The van der Waals surface area contributed by atoms with Crippen LogP contribution in [0.2, 0.25) is 0 Å². The van der Waals surface area contributed by atoms with Crippen molar-refractivity contribution in [2.24, 2.45) is 0 Å². The van der Waals surface area contributed by atoms with Crippen molar-refractivity contribution in [1.82, 2.24) is 10.6 Å². The maximum atomic E-state index is 13.5. The Labute approximate surface area is 95.1 Å².